The molecule has 5 heteroatoms. The maximum absolute atomic E-state index is 13.2. The van der Waals surface area contributed by atoms with Gasteiger partial charge in [0, 0.05) is 6.54 Å². The largest absolute Gasteiger partial charge is 0.468 e. The van der Waals surface area contributed by atoms with Gasteiger partial charge >= 0.3 is 5.97 Å². The Morgan fingerprint density at radius 3 is 2.62 bits per heavy atom. The van der Waals surface area contributed by atoms with Crippen LogP contribution < -0.4 is 5.32 Å². The zero-order valence-electron chi connectivity index (χ0n) is 11.5. The van der Waals surface area contributed by atoms with Crippen molar-refractivity contribution in [1.82, 2.24) is 5.32 Å². The first-order valence-corrected chi connectivity index (χ1v) is 6.79. The number of benzene rings is 2. The molecule has 0 heterocycles. The van der Waals surface area contributed by atoms with Gasteiger partial charge < -0.3 is 4.74 Å². The second-order valence-corrected chi connectivity index (χ2v) is 4.90. The van der Waals surface area contributed by atoms with E-state index in [0.29, 0.717) is 12.1 Å². The number of carbonyl (C=O) groups is 1. The van der Waals surface area contributed by atoms with Crippen molar-refractivity contribution in [2.75, 3.05) is 7.11 Å². The number of rotatable bonds is 5. The van der Waals surface area contributed by atoms with Crippen molar-refractivity contribution in [3.63, 3.8) is 0 Å². The van der Waals surface area contributed by atoms with Gasteiger partial charge in [0.05, 0.1) is 12.1 Å². The summed E-state index contributed by atoms with van der Waals surface area (Å²) in [6.45, 7) is 0.482. The van der Waals surface area contributed by atoms with Crippen molar-refractivity contribution in [2.24, 2.45) is 0 Å². The predicted octanol–water partition coefficient (Wildman–Crippen LogP) is 3.48. The molecule has 3 nitrogen and oxygen atoms in total. The standard InChI is InChI=1S/C16H15ClFNO2/c1-21-16(20)15(12-7-8-14(18)13(17)9-12)19-10-11-5-3-2-4-6-11/h2-9,15,19H,10H2,1H3. The Kier molecular flexibility index (Phi) is 5.31. The molecule has 110 valence electrons. The van der Waals surface area contributed by atoms with Crippen LogP contribution in [0.4, 0.5) is 4.39 Å². The molecule has 0 aliphatic heterocycles. The van der Waals surface area contributed by atoms with Crippen LogP contribution in [0.15, 0.2) is 48.5 Å². The Hall–Kier alpha value is -1.91. The van der Waals surface area contributed by atoms with E-state index in [4.69, 9.17) is 16.3 Å². The lowest BCUT2D eigenvalue weighted by molar-refractivity contribution is -0.143. The number of hydrogen-bond donors (Lipinski definition) is 1. The Bertz CT molecular complexity index is 619. The van der Waals surface area contributed by atoms with E-state index < -0.39 is 17.8 Å². The van der Waals surface area contributed by atoms with Gasteiger partial charge in [0.25, 0.3) is 0 Å². The van der Waals surface area contributed by atoms with E-state index >= 15 is 0 Å². The third-order valence-electron chi connectivity index (χ3n) is 3.07. The van der Waals surface area contributed by atoms with E-state index in [1.807, 2.05) is 30.3 Å². The molecule has 21 heavy (non-hydrogen) atoms. The van der Waals surface area contributed by atoms with Crippen LogP contribution in [0, 0.1) is 5.82 Å². The molecule has 1 unspecified atom stereocenters. The molecular weight excluding hydrogens is 293 g/mol. The summed E-state index contributed by atoms with van der Waals surface area (Å²) in [5.41, 5.74) is 1.59. The summed E-state index contributed by atoms with van der Waals surface area (Å²) in [6, 6.07) is 13.1. The molecule has 0 saturated heterocycles. The van der Waals surface area contributed by atoms with E-state index in [-0.39, 0.29) is 5.02 Å². The summed E-state index contributed by atoms with van der Waals surface area (Å²) in [7, 11) is 1.31. The highest BCUT2D eigenvalue weighted by Crippen LogP contribution is 2.22. The molecule has 0 aliphatic carbocycles. The fraction of sp³-hybridized carbons (Fsp3) is 0.188. The number of hydrogen-bond acceptors (Lipinski definition) is 3. The zero-order valence-corrected chi connectivity index (χ0v) is 12.2. The van der Waals surface area contributed by atoms with Gasteiger partial charge in [0.2, 0.25) is 0 Å². The van der Waals surface area contributed by atoms with E-state index in [0.717, 1.165) is 5.56 Å². The summed E-state index contributed by atoms with van der Waals surface area (Å²) in [5, 5.41) is 3.07. The maximum Gasteiger partial charge on any atom is 0.327 e. The molecule has 1 N–H and O–H groups in total. The highest BCUT2D eigenvalue weighted by molar-refractivity contribution is 6.30. The minimum Gasteiger partial charge on any atom is -0.468 e. The van der Waals surface area contributed by atoms with Crippen molar-refractivity contribution in [3.8, 4) is 0 Å². The predicted molar refractivity (Wildman–Crippen MR) is 79.4 cm³/mol. The highest BCUT2D eigenvalue weighted by Gasteiger charge is 2.21. The highest BCUT2D eigenvalue weighted by atomic mass is 35.5. The number of esters is 1. The molecule has 0 bridgehead atoms. The van der Waals surface area contributed by atoms with Crippen LogP contribution in [0.2, 0.25) is 5.02 Å². The Morgan fingerprint density at radius 1 is 1.29 bits per heavy atom. The normalized spacial score (nSPS) is 12.0. The molecule has 1 atom stereocenters. The fourth-order valence-electron chi connectivity index (χ4n) is 1.96. The molecule has 2 rings (SSSR count). The van der Waals surface area contributed by atoms with Crippen molar-refractivity contribution in [1.29, 1.82) is 0 Å². The molecule has 0 radical (unpaired) electrons. The van der Waals surface area contributed by atoms with Crippen molar-refractivity contribution < 1.29 is 13.9 Å². The van der Waals surface area contributed by atoms with Gasteiger partial charge in [-0.25, -0.2) is 9.18 Å². The quantitative estimate of drug-likeness (QED) is 0.859. The van der Waals surface area contributed by atoms with Crippen LogP contribution in [-0.4, -0.2) is 13.1 Å². The van der Waals surface area contributed by atoms with Gasteiger partial charge in [-0.3, -0.25) is 5.32 Å². The number of methoxy groups -OCH3 is 1. The first-order valence-electron chi connectivity index (χ1n) is 6.42. The van der Waals surface area contributed by atoms with Crippen molar-refractivity contribution in [3.05, 3.63) is 70.5 Å². The molecule has 0 aliphatic rings. The van der Waals surface area contributed by atoms with Gasteiger partial charge in [-0.15, -0.1) is 0 Å². The van der Waals surface area contributed by atoms with E-state index in [1.54, 1.807) is 0 Å². The number of nitrogens with one attached hydrogen (secondary N) is 1. The molecular formula is C16H15ClFNO2. The summed E-state index contributed by atoms with van der Waals surface area (Å²) < 4.78 is 18.0. The monoisotopic (exact) mass is 307 g/mol. The van der Waals surface area contributed by atoms with Crippen molar-refractivity contribution in [2.45, 2.75) is 12.6 Å². The van der Waals surface area contributed by atoms with Crippen LogP contribution in [-0.2, 0) is 16.1 Å². The van der Waals surface area contributed by atoms with Crippen LogP contribution >= 0.6 is 11.6 Å². The summed E-state index contributed by atoms with van der Waals surface area (Å²) >= 11 is 5.77. The topological polar surface area (TPSA) is 38.3 Å². The summed E-state index contributed by atoms with van der Waals surface area (Å²) in [5.74, 6) is -0.972. The lowest BCUT2D eigenvalue weighted by Crippen LogP contribution is -2.29. The third-order valence-corrected chi connectivity index (χ3v) is 3.36. The van der Waals surface area contributed by atoms with E-state index in [2.05, 4.69) is 5.32 Å². The van der Waals surface area contributed by atoms with Gasteiger partial charge in [-0.1, -0.05) is 48.0 Å². The Morgan fingerprint density at radius 2 is 2.00 bits per heavy atom. The van der Waals surface area contributed by atoms with Gasteiger partial charge in [-0.2, -0.15) is 0 Å². The first-order chi connectivity index (χ1) is 10.1. The van der Waals surface area contributed by atoms with E-state index in [1.165, 1.54) is 25.3 Å². The second-order valence-electron chi connectivity index (χ2n) is 4.50. The molecule has 0 aromatic heterocycles. The SMILES string of the molecule is COC(=O)C(NCc1ccccc1)c1ccc(F)c(Cl)c1. The number of ether oxygens (including phenoxy) is 1. The Balaban J connectivity index is 2.18. The van der Waals surface area contributed by atoms with Crippen LogP contribution in [0.1, 0.15) is 17.2 Å². The van der Waals surface area contributed by atoms with Gasteiger partial charge in [0.15, 0.2) is 0 Å². The molecule has 0 fully saturated rings. The lowest BCUT2D eigenvalue weighted by atomic mass is 10.1. The zero-order chi connectivity index (χ0) is 15.2. The summed E-state index contributed by atoms with van der Waals surface area (Å²) in [6.07, 6.45) is 0. The molecule has 0 saturated carbocycles. The van der Waals surface area contributed by atoms with Crippen LogP contribution in [0.5, 0.6) is 0 Å². The fourth-order valence-corrected chi connectivity index (χ4v) is 2.15. The minimum atomic E-state index is -0.701. The Labute approximate surface area is 127 Å². The van der Waals surface area contributed by atoms with Crippen LogP contribution in [0.3, 0.4) is 0 Å². The number of halogens is 2. The average molecular weight is 308 g/mol. The van der Waals surface area contributed by atoms with Crippen LogP contribution in [0.25, 0.3) is 0 Å². The third kappa shape index (κ3) is 4.03. The first kappa shape index (κ1) is 15.5. The van der Waals surface area contributed by atoms with Gasteiger partial charge in [-0.05, 0) is 23.3 Å². The maximum atomic E-state index is 13.2. The minimum absolute atomic E-state index is 0.0251. The average Bonchev–Trinajstić information content (AvgIpc) is 2.51. The number of carbonyl (C=O) groups excluding carboxylic acids is 1. The van der Waals surface area contributed by atoms with Crippen molar-refractivity contribution >= 4 is 17.6 Å². The molecule has 0 amide bonds. The molecule has 2 aromatic carbocycles. The summed E-state index contributed by atoms with van der Waals surface area (Å²) in [4.78, 5) is 11.9. The van der Waals surface area contributed by atoms with E-state index in [9.17, 15) is 9.18 Å². The molecule has 2 aromatic rings. The lowest BCUT2D eigenvalue weighted by Gasteiger charge is -2.17. The second kappa shape index (κ2) is 7.20. The van der Waals surface area contributed by atoms with Gasteiger partial charge in [0.1, 0.15) is 11.9 Å². The molecule has 0 spiro atoms. The smallest absolute Gasteiger partial charge is 0.327 e.